The van der Waals surface area contributed by atoms with Gasteiger partial charge >= 0.3 is 6.61 Å². The molecule has 0 heterocycles. The number of hydrogen-bond acceptors (Lipinski definition) is 2. The maximum absolute atomic E-state index is 11.9. The van der Waals surface area contributed by atoms with Crippen LogP contribution in [0.4, 0.5) is 8.78 Å². The van der Waals surface area contributed by atoms with E-state index in [9.17, 15) is 8.78 Å². The van der Waals surface area contributed by atoms with E-state index in [1.54, 1.807) is 12.1 Å². The van der Waals surface area contributed by atoms with Crippen molar-refractivity contribution in [1.82, 2.24) is 5.32 Å². The summed E-state index contributed by atoms with van der Waals surface area (Å²) in [6, 6.07) is 6.56. The van der Waals surface area contributed by atoms with Crippen molar-refractivity contribution in [1.29, 1.82) is 0 Å². The average Bonchev–Trinajstić information content (AvgIpc) is 2.20. The first kappa shape index (κ1) is 12.6. The summed E-state index contributed by atoms with van der Waals surface area (Å²) < 4.78 is 28.1. The van der Waals surface area contributed by atoms with Crippen LogP contribution < -0.4 is 10.1 Å². The minimum absolute atomic E-state index is 0.0283. The van der Waals surface area contributed by atoms with E-state index in [0.717, 1.165) is 11.1 Å². The Morgan fingerprint density at radius 3 is 2.25 bits per heavy atom. The fourth-order valence-electron chi connectivity index (χ4n) is 1.54. The molecule has 0 saturated heterocycles. The topological polar surface area (TPSA) is 21.3 Å². The van der Waals surface area contributed by atoms with Crippen LogP contribution in [0.1, 0.15) is 18.5 Å². The van der Waals surface area contributed by atoms with E-state index < -0.39 is 6.61 Å². The summed E-state index contributed by atoms with van der Waals surface area (Å²) in [5.41, 5.74) is 1.93. The van der Waals surface area contributed by atoms with Crippen molar-refractivity contribution in [3.63, 3.8) is 0 Å². The number of ether oxygens (including phenoxy) is 1. The van der Waals surface area contributed by atoms with Crippen LogP contribution in [-0.4, -0.2) is 13.7 Å². The van der Waals surface area contributed by atoms with Crippen molar-refractivity contribution >= 4 is 0 Å². The number of benzene rings is 1. The summed E-state index contributed by atoms with van der Waals surface area (Å²) in [5.74, 6) is 0.162. The standard InChI is InChI=1S/C12H15F2NO/c1-8(2)11(15-3)9-4-6-10(7-5-9)16-12(13)14/h4-7,11-12,15H,1H2,2-3H3. The molecule has 1 atom stereocenters. The van der Waals surface area contributed by atoms with Crippen LogP contribution >= 0.6 is 0 Å². The van der Waals surface area contributed by atoms with Gasteiger partial charge in [-0.25, -0.2) is 0 Å². The van der Waals surface area contributed by atoms with Crippen LogP contribution in [-0.2, 0) is 0 Å². The van der Waals surface area contributed by atoms with Gasteiger partial charge in [-0.1, -0.05) is 24.3 Å². The summed E-state index contributed by atoms with van der Waals surface area (Å²) >= 11 is 0. The number of hydrogen-bond donors (Lipinski definition) is 1. The molecule has 0 radical (unpaired) electrons. The van der Waals surface area contributed by atoms with Gasteiger partial charge in [0.15, 0.2) is 0 Å². The average molecular weight is 227 g/mol. The molecule has 1 aromatic carbocycles. The first-order valence-electron chi connectivity index (χ1n) is 4.92. The SMILES string of the molecule is C=C(C)C(NC)c1ccc(OC(F)F)cc1. The number of halogens is 2. The molecule has 4 heteroatoms. The lowest BCUT2D eigenvalue weighted by molar-refractivity contribution is -0.0498. The van der Waals surface area contributed by atoms with Crippen molar-refractivity contribution in [3.05, 3.63) is 42.0 Å². The third kappa shape index (κ3) is 3.31. The molecule has 0 aliphatic heterocycles. The molecule has 0 aliphatic carbocycles. The largest absolute Gasteiger partial charge is 0.435 e. The monoisotopic (exact) mass is 227 g/mol. The highest BCUT2D eigenvalue weighted by Gasteiger charge is 2.10. The Labute approximate surface area is 93.9 Å². The van der Waals surface area contributed by atoms with Crippen LogP contribution in [0.15, 0.2) is 36.4 Å². The molecule has 0 amide bonds. The van der Waals surface area contributed by atoms with Crippen LogP contribution in [0, 0.1) is 0 Å². The smallest absolute Gasteiger partial charge is 0.387 e. The van der Waals surface area contributed by atoms with E-state index in [-0.39, 0.29) is 11.8 Å². The van der Waals surface area contributed by atoms with Crippen LogP contribution in [0.25, 0.3) is 0 Å². The van der Waals surface area contributed by atoms with Gasteiger partial charge in [-0.15, -0.1) is 0 Å². The molecule has 0 spiro atoms. The minimum Gasteiger partial charge on any atom is -0.435 e. The fourth-order valence-corrected chi connectivity index (χ4v) is 1.54. The zero-order chi connectivity index (χ0) is 12.1. The summed E-state index contributed by atoms with van der Waals surface area (Å²) in [4.78, 5) is 0. The molecule has 1 rings (SSSR count). The molecule has 16 heavy (non-hydrogen) atoms. The van der Waals surface area contributed by atoms with E-state index in [2.05, 4.69) is 16.6 Å². The van der Waals surface area contributed by atoms with E-state index in [1.807, 2.05) is 14.0 Å². The zero-order valence-corrected chi connectivity index (χ0v) is 9.34. The Morgan fingerprint density at radius 2 is 1.88 bits per heavy atom. The van der Waals surface area contributed by atoms with E-state index in [0.29, 0.717) is 0 Å². The second kappa shape index (κ2) is 5.61. The van der Waals surface area contributed by atoms with Crippen LogP contribution in [0.2, 0.25) is 0 Å². The Kier molecular flexibility index (Phi) is 4.43. The number of rotatable bonds is 5. The zero-order valence-electron chi connectivity index (χ0n) is 9.34. The quantitative estimate of drug-likeness (QED) is 0.780. The van der Waals surface area contributed by atoms with Gasteiger partial charge in [-0.05, 0) is 31.7 Å². The maximum Gasteiger partial charge on any atom is 0.387 e. The molecular formula is C12H15F2NO. The lowest BCUT2D eigenvalue weighted by Crippen LogP contribution is -2.16. The fraction of sp³-hybridized carbons (Fsp3) is 0.333. The van der Waals surface area contributed by atoms with Crippen molar-refractivity contribution in [2.45, 2.75) is 19.6 Å². The molecule has 2 nitrogen and oxygen atoms in total. The maximum atomic E-state index is 11.9. The molecule has 88 valence electrons. The van der Waals surface area contributed by atoms with E-state index in [4.69, 9.17) is 0 Å². The molecule has 0 aliphatic rings. The molecule has 1 N–H and O–H groups in total. The van der Waals surface area contributed by atoms with Gasteiger partial charge in [0.25, 0.3) is 0 Å². The van der Waals surface area contributed by atoms with Gasteiger partial charge in [0.05, 0.1) is 6.04 Å². The summed E-state index contributed by atoms with van der Waals surface area (Å²) in [7, 11) is 1.82. The van der Waals surface area contributed by atoms with Gasteiger partial charge in [-0.2, -0.15) is 8.78 Å². The first-order valence-corrected chi connectivity index (χ1v) is 4.92. The third-order valence-corrected chi connectivity index (χ3v) is 2.22. The molecule has 0 fully saturated rings. The molecular weight excluding hydrogens is 212 g/mol. The van der Waals surface area contributed by atoms with E-state index >= 15 is 0 Å². The van der Waals surface area contributed by atoms with Gasteiger partial charge in [-0.3, -0.25) is 0 Å². The highest BCUT2D eigenvalue weighted by atomic mass is 19.3. The number of alkyl halides is 2. The van der Waals surface area contributed by atoms with Gasteiger partial charge in [0, 0.05) is 0 Å². The lowest BCUT2D eigenvalue weighted by Gasteiger charge is -2.16. The highest BCUT2D eigenvalue weighted by Crippen LogP contribution is 2.22. The van der Waals surface area contributed by atoms with Crippen molar-refractivity contribution in [3.8, 4) is 5.75 Å². The molecule has 0 aromatic heterocycles. The van der Waals surface area contributed by atoms with E-state index in [1.165, 1.54) is 12.1 Å². The Hall–Kier alpha value is -1.42. The highest BCUT2D eigenvalue weighted by molar-refractivity contribution is 5.32. The summed E-state index contributed by atoms with van der Waals surface area (Å²) in [6.45, 7) is 2.98. The summed E-state index contributed by atoms with van der Waals surface area (Å²) in [6.07, 6.45) is 0. The second-order valence-corrected chi connectivity index (χ2v) is 3.52. The Morgan fingerprint density at radius 1 is 1.31 bits per heavy atom. The normalized spacial score (nSPS) is 12.6. The first-order chi connectivity index (χ1) is 7.54. The molecule has 0 saturated carbocycles. The molecule has 1 aromatic rings. The third-order valence-electron chi connectivity index (χ3n) is 2.22. The van der Waals surface area contributed by atoms with Gasteiger partial charge < -0.3 is 10.1 Å². The lowest BCUT2D eigenvalue weighted by atomic mass is 10.0. The van der Waals surface area contributed by atoms with Gasteiger partial charge in [0.1, 0.15) is 5.75 Å². The number of likely N-dealkylation sites (N-methyl/N-ethyl adjacent to an activating group) is 1. The second-order valence-electron chi connectivity index (χ2n) is 3.52. The predicted octanol–water partition coefficient (Wildman–Crippen LogP) is 3.12. The van der Waals surface area contributed by atoms with Crippen molar-refractivity contribution in [2.24, 2.45) is 0 Å². The van der Waals surface area contributed by atoms with Crippen LogP contribution in [0.3, 0.4) is 0 Å². The van der Waals surface area contributed by atoms with Crippen molar-refractivity contribution < 1.29 is 13.5 Å². The molecule has 1 unspecified atom stereocenters. The Bertz CT molecular complexity index is 349. The number of nitrogens with one attached hydrogen (secondary N) is 1. The minimum atomic E-state index is -2.79. The predicted molar refractivity (Wildman–Crippen MR) is 59.7 cm³/mol. The van der Waals surface area contributed by atoms with Crippen molar-refractivity contribution in [2.75, 3.05) is 7.05 Å². The molecule has 0 bridgehead atoms. The Balaban J connectivity index is 2.81. The van der Waals surface area contributed by atoms with Gasteiger partial charge in [0.2, 0.25) is 0 Å². The van der Waals surface area contributed by atoms with Crippen LogP contribution in [0.5, 0.6) is 5.75 Å². The summed E-state index contributed by atoms with van der Waals surface area (Å²) in [5, 5.41) is 3.09.